The summed E-state index contributed by atoms with van der Waals surface area (Å²) in [4.78, 5) is 2.21. The summed E-state index contributed by atoms with van der Waals surface area (Å²) in [5.41, 5.74) is 0.692. The number of likely N-dealkylation sites (tertiary alicyclic amines) is 1. The van der Waals surface area contributed by atoms with Gasteiger partial charge in [-0.15, -0.1) is 0 Å². The first-order chi connectivity index (χ1) is 9.17. The average molecular weight is 334 g/mol. The molecule has 0 saturated carbocycles. The Morgan fingerprint density at radius 1 is 1.16 bits per heavy atom. The van der Waals surface area contributed by atoms with E-state index >= 15 is 0 Å². The largest absolute Gasteiger partial charge is 0.377 e. The number of piperidine rings is 1. The van der Waals surface area contributed by atoms with Crippen molar-refractivity contribution in [2.75, 3.05) is 25.0 Å². The molecule has 1 aromatic rings. The monoisotopic (exact) mass is 333 g/mol. The van der Waals surface area contributed by atoms with Crippen molar-refractivity contribution in [3.05, 3.63) is 35.4 Å². The number of benzene rings is 1. The predicted octanol–water partition coefficient (Wildman–Crippen LogP) is 3.34. The maximum atomic E-state index is 13.1. The number of ether oxygens (including phenoxy) is 1. The quantitative estimate of drug-likeness (QED) is 0.766. The Bertz CT molecular complexity index is 388. The number of hydrogen-bond donors (Lipinski definition) is 0. The molecule has 1 heterocycles. The maximum Gasteiger partial charge on any atom is 0.126 e. The molecule has 0 N–H and O–H groups in total. The molecular weight excluding hydrogens is 316 g/mol. The first-order valence-electron chi connectivity index (χ1n) is 6.52. The maximum absolute atomic E-state index is 13.1. The lowest BCUT2D eigenvalue weighted by Crippen LogP contribution is -2.36. The second-order valence-electron chi connectivity index (χ2n) is 4.81. The highest BCUT2D eigenvalue weighted by Gasteiger charge is 2.19. The lowest BCUT2D eigenvalue weighted by Gasteiger charge is -2.31. The highest BCUT2D eigenvalue weighted by Crippen LogP contribution is 2.17. The van der Waals surface area contributed by atoms with Crippen molar-refractivity contribution in [1.29, 1.82) is 0 Å². The molecule has 5 heteroatoms. The molecule has 0 unspecified atom stereocenters. The third-order valence-electron chi connectivity index (χ3n) is 3.29. The van der Waals surface area contributed by atoms with Crippen LogP contribution in [0.3, 0.4) is 0 Å². The van der Waals surface area contributed by atoms with Gasteiger partial charge in [-0.2, -0.15) is 0 Å². The third-order valence-corrected chi connectivity index (χ3v) is 3.62. The fourth-order valence-electron chi connectivity index (χ4n) is 2.41. The van der Waals surface area contributed by atoms with Crippen LogP contribution in [0.25, 0.3) is 0 Å². The van der Waals surface area contributed by atoms with Gasteiger partial charge in [0, 0.05) is 31.0 Å². The van der Waals surface area contributed by atoms with Crippen LogP contribution in [-0.2, 0) is 11.3 Å². The van der Waals surface area contributed by atoms with Crippen LogP contribution < -0.4 is 0 Å². The van der Waals surface area contributed by atoms with Crippen molar-refractivity contribution in [3.63, 3.8) is 0 Å². The fraction of sp³-hybridized carbons (Fsp3) is 0.571. The SMILES string of the molecule is Fc1cc(F)cc(CN2CCC(OCCBr)CC2)c1. The minimum atomic E-state index is -0.509. The van der Waals surface area contributed by atoms with E-state index < -0.39 is 11.6 Å². The number of nitrogens with zero attached hydrogens (tertiary/aromatic N) is 1. The van der Waals surface area contributed by atoms with E-state index in [0.29, 0.717) is 18.2 Å². The highest BCUT2D eigenvalue weighted by molar-refractivity contribution is 9.09. The van der Waals surface area contributed by atoms with Crippen molar-refractivity contribution < 1.29 is 13.5 Å². The summed E-state index contributed by atoms with van der Waals surface area (Å²) in [5, 5.41) is 0.857. The minimum Gasteiger partial charge on any atom is -0.377 e. The van der Waals surface area contributed by atoms with Gasteiger partial charge in [-0.3, -0.25) is 4.90 Å². The van der Waals surface area contributed by atoms with Crippen molar-refractivity contribution in [2.24, 2.45) is 0 Å². The van der Waals surface area contributed by atoms with Crippen LogP contribution in [0.4, 0.5) is 8.78 Å². The highest BCUT2D eigenvalue weighted by atomic mass is 79.9. The Hall–Kier alpha value is -0.520. The zero-order valence-electron chi connectivity index (χ0n) is 10.7. The molecule has 0 amide bonds. The summed E-state index contributed by atoms with van der Waals surface area (Å²) >= 11 is 3.34. The summed E-state index contributed by atoms with van der Waals surface area (Å²) < 4.78 is 31.9. The number of hydrogen-bond acceptors (Lipinski definition) is 2. The Kier molecular flexibility index (Phi) is 5.73. The van der Waals surface area contributed by atoms with Gasteiger partial charge in [0.25, 0.3) is 0 Å². The molecule has 1 aliphatic rings. The lowest BCUT2D eigenvalue weighted by molar-refractivity contribution is 0.0141. The molecule has 106 valence electrons. The Balaban J connectivity index is 1.82. The van der Waals surface area contributed by atoms with Crippen LogP contribution in [0, 0.1) is 11.6 Å². The lowest BCUT2D eigenvalue weighted by atomic mass is 10.1. The number of alkyl halides is 1. The van der Waals surface area contributed by atoms with E-state index in [1.807, 2.05) is 0 Å². The fourth-order valence-corrected chi connectivity index (χ4v) is 2.59. The zero-order valence-corrected chi connectivity index (χ0v) is 12.3. The first kappa shape index (κ1) is 14.9. The van der Waals surface area contributed by atoms with Crippen LogP contribution in [0.5, 0.6) is 0 Å². The predicted molar refractivity (Wildman–Crippen MR) is 74.4 cm³/mol. The average Bonchev–Trinajstić information content (AvgIpc) is 2.37. The van der Waals surface area contributed by atoms with Crippen molar-refractivity contribution >= 4 is 15.9 Å². The van der Waals surface area contributed by atoms with E-state index in [9.17, 15) is 8.78 Å². The van der Waals surface area contributed by atoms with Gasteiger partial charge in [0.15, 0.2) is 0 Å². The molecule has 0 radical (unpaired) electrons. The summed E-state index contributed by atoms with van der Waals surface area (Å²) in [6.07, 6.45) is 2.27. The molecule has 0 aromatic heterocycles. The Morgan fingerprint density at radius 2 is 1.79 bits per heavy atom. The number of rotatable bonds is 5. The molecule has 1 saturated heterocycles. The molecule has 1 fully saturated rings. The molecule has 0 atom stereocenters. The van der Waals surface area contributed by atoms with Crippen LogP contribution in [0.15, 0.2) is 18.2 Å². The van der Waals surface area contributed by atoms with Crippen molar-refractivity contribution in [1.82, 2.24) is 4.90 Å². The van der Waals surface area contributed by atoms with E-state index in [1.165, 1.54) is 12.1 Å². The van der Waals surface area contributed by atoms with Gasteiger partial charge in [-0.05, 0) is 30.5 Å². The van der Waals surface area contributed by atoms with Gasteiger partial charge in [0.05, 0.1) is 12.7 Å². The van der Waals surface area contributed by atoms with Crippen LogP contribution in [0.2, 0.25) is 0 Å². The normalized spacial score (nSPS) is 17.8. The Labute approximate surface area is 120 Å². The molecule has 2 rings (SSSR count). The molecule has 0 aliphatic carbocycles. The van der Waals surface area contributed by atoms with Gasteiger partial charge >= 0.3 is 0 Å². The summed E-state index contributed by atoms with van der Waals surface area (Å²) in [7, 11) is 0. The van der Waals surface area contributed by atoms with Crippen LogP contribution >= 0.6 is 15.9 Å². The van der Waals surface area contributed by atoms with Gasteiger partial charge in [-0.25, -0.2) is 8.78 Å². The van der Waals surface area contributed by atoms with E-state index in [-0.39, 0.29) is 0 Å². The second-order valence-corrected chi connectivity index (χ2v) is 5.61. The summed E-state index contributed by atoms with van der Waals surface area (Å²) in [5.74, 6) is -1.02. The number of halogens is 3. The molecule has 2 nitrogen and oxygen atoms in total. The molecular formula is C14H18BrF2NO. The summed E-state index contributed by atoms with van der Waals surface area (Å²) in [6.45, 7) is 3.15. The molecule has 19 heavy (non-hydrogen) atoms. The standard InChI is InChI=1S/C14H18BrF2NO/c15-3-6-19-14-1-4-18(5-2-14)10-11-7-12(16)9-13(17)8-11/h7-9,14H,1-6,10H2. The molecule has 0 bridgehead atoms. The Morgan fingerprint density at radius 3 is 2.37 bits per heavy atom. The van der Waals surface area contributed by atoms with E-state index in [2.05, 4.69) is 20.8 Å². The first-order valence-corrected chi connectivity index (χ1v) is 7.64. The van der Waals surface area contributed by atoms with Gasteiger partial charge in [-0.1, -0.05) is 15.9 Å². The third kappa shape index (κ3) is 4.82. The van der Waals surface area contributed by atoms with E-state index in [0.717, 1.165) is 43.9 Å². The van der Waals surface area contributed by atoms with Crippen molar-refractivity contribution in [2.45, 2.75) is 25.5 Å². The van der Waals surface area contributed by atoms with Gasteiger partial charge in [0.1, 0.15) is 11.6 Å². The van der Waals surface area contributed by atoms with Gasteiger partial charge in [0.2, 0.25) is 0 Å². The van der Waals surface area contributed by atoms with Crippen molar-refractivity contribution in [3.8, 4) is 0 Å². The molecule has 1 aromatic carbocycles. The van der Waals surface area contributed by atoms with Crippen LogP contribution in [-0.4, -0.2) is 36.0 Å². The summed E-state index contributed by atoms with van der Waals surface area (Å²) in [6, 6.07) is 3.71. The smallest absolute Gasteiger partial charge is 0.126 e. The van der Waals surface area contributed by atoms with E-state index in [1.54, 1.807) is 0 Å². The molecule has 0 spiro atoms. The minimum absolute atomic E-state index is 0.318. The molecule has 1 aliphatic heterocycles. The van der Waals surface area contributed by atoms with Gasteiger partial charge < -0.3 is 4.74 Å². The van der Waals surface area contributed by atoms with Crippen LogP contribution in [0.1, 0.15) is 18.4 Å². The zero-order chi connectivity index (χ0) is 13.7. The second kappa shape index (κ2) is 7.31. The van der Waals surface area contributed by atoms with E-state index in [4.69, 9.17) is 4.74 Å². The topological polar surface area (TPSA) is 12.5 Å².